The van der Waals surface area contributed by atoms with Crippen molar-refractivity contribution in [2.45, 2.75) is 108 Å². The molecule has 1 unspecified atom stereocenters. The lowest BCUT2D eigenvalue weighted by atomic mass is 9.82. The molecule has 4 atom stereocenters. The van der Waals surface area contributed by atoms with E-state index in [1.54, 1.807) is 0 Å². The van der Waals surface area contributed by atoms with Crippen LogP contribution in [0.4, 0.5) is 0 Å². The molecule has 12 heteroatoms. The number of Topliss-reactive ketones (excluding diaryl/α,β-unsaturated/α-hetero) is 1. The van der Waals surface area contributed by atoms with Crippen LogP contribution >= 0.6 is 0 Å². The number of aromatic hydroxyl groups is 1. The van der Waals surface area contributed by atoms with Crippen molar-refractivity contribution in [3.63, 3.8) is 0 Å². The van der Waals surface area contributed by atoms with Gasteiger partial charge in [0.15, 0.2) is 11.4 Å². The second kappa shape index (κ2) is 19.4. The summed E-state index contributed by atoms with van der Waals surface area (Å²) in [5.41, 5.74) is -2.61. The van der Waals surface area contributed by atoms with Crippen LogP contribution in [-0.4, -0.2) is 78.0 Å². The van der Waals surface area contributed by atoms with Gasteiger partial charge in [-0.2, -0.15) is 0 Å². The molecule has 0 radical (unpaired) electrons. The van der Waals surface area contributed by atoms with Crippen LogP contribution < -0.4 is 5.32 Å². The van der Waals surface area contributed by atoms with Crippen molar-refractivity contribution in [2.24, 2.45) is 5.92 Å². The first-order valence-electron chi connectivity index (χ1n) is 14.7. The van der Waals surface area contributed by atoms with Crippen LogP contribution in [0.2, 0.25) is 0 Å². The van der Waals surface area contributed by atoms with Gasteiger partial charge in [-0.15, -0.1) is 0 Å². The Morgan fingerprint density at radius 3 is 2.12 bits per heavy atom. The average molecular weight is 608 g/mol. The highest BCUT2D eigenvalue weighted by Gasteiger charge is 2.49. The molecular weight excluding hydrogens is 562 g/mol. The molecule has 0 fully saturated rings. The van der Waals surface area contributed by atoms with Crippen molar-refractivity contribution in [2.75, 3.05) is 0 Å². The van der Waals surface area contributed by atoms with Gasteiger partial charge >= 0.3 is 17.9 Å². The maximum atomic E-state index is 13.1. The number of carboxylic acid groups (broad SMARTS) is 3. The molecule has 0 aliphatic heterocycles. The highest BCUT2D eigenvalue weighted by Crippen LogP contribution is 2.26. The summed E-state index contributed by atoms with van der Waals surface area (Å²) in [4.78, 5) is 60.3. The first kappa shape index (κ1) is 37.3. The standard InChI is InChI=1S/C31H45NO11/c1-2-3-4-10-13-25(34)26(35)14-11-8-6-5-7-9-12-23(31(43,30(41)42)20-27(36)37)28(38)32-24(29(39)40)19-21-15-17-22(33)18-16-21/h9,12,15-18,23-25,33-34,43H,2-8,10-11,13-14,19-20H2,1H3,(H,32,38)(H,36,37)(H,39,40)(H,41,42)/b12-9+/t23-,24+,25?,31+/m1/s1. The number of hydrogen-bond acceptors (Lipinski definition) is 8. The molecule has 0 bridgehead atoms. The lowest BCUT2D eigenvalue weighted by Crippen LogP contribution is -2.55. The molecule has 0 spiro atoms. The minimum atomic E-state index is -3.05. The highest BCUT2D eigenvalue weighted by molar-refractivity contribution is 5.94. The maximum absolute atomic E-state index is 13.1. The number of ketones is 1. The molecule has 0 heterocycles. The van der Waals surface area contributed by atoms with Crippen molar-refractivity contribution >= 4 is 29.6 Å². The van der Waals surface area contributed by atoms with Gasteiger partial charge in [-0.3, -0.25) is 14.4 Å². The lowest BCUT2D eigenvalue weighted by Gasteiger charge is -2.29. The number of rotatable bonds is 23. The number of carbonyl (C=O) groups excluding carboxylic acids is 2. The van der Waals surface area contributed by atoms with Gasteiger partial charge in [0.2, 0.25) is 5.91 Å². The topological polar surface area (TPSA) is 219 Å². The second-order valence-corrected chi connectivity index (χ2v) is 10.8. The molecule has 7 N–H and O–H groups in total. The number of allylic oxidation sites excluding steroid dienone is 1. The number of hydrogen-bond donors (Lipinski definition) is 7. The lowest BCUT2D eigenvalue weighted by molar-refractivity contribution is -0.172. The van der Waals surface area contributed by atoms with Crippen LogP contribution in [-0.2, 0) is 30.4 Å². The molecule has 12 nitrogen and oxygen atoms in total. The number of carbonyl (C=O) groups is 5. The van der Waals surface area contributed by atoms with Crippen molar-refractivity contribution in [1.29, 1.82) is 0 Å². The summed E-state index contributed by atoms with van der Waals surface area (Å²) in [6.07, 6.45) is 7.61. The van der Waals surface area contributed by atoms with Crippen molar-refractivity contribution < 1.29 is 54.6 Å². The van der Waals surface area contributed by atoms with Crippen LogP contribution in [0.1, 0.15) is 89.5 Å². The Morgan fingerprint density at radius 1 is 0.907 bits per heavy atom. The molecule has 1 amide bonds. The molecule has 1 aromatic carbocycles. The number of nitrogens with one attached hydrogen (secondary N) is 1. The number of carboxylic acids is 3. The van der Waals surface area contributed by atoms with E-state index in [-0.39, 0.29) is 24.4 Å². The number of phenols is 1. The van der Waals surface area contributed by atoms with Crippen LogP contribution in [0, 0.1) is 5.92 Å². The number of phenolic OH excluding ortho intramolecular Hbond substituents is 1. The first-order chi connectivity index (χ1) is 20.3. The first-order valence-corrected chi connectivity index (χ1v) is 14.7. The normalized spacial score (nSPS) is 14.9. The zero-order chi connectivity index (χ0) is 32.4. The molecule has 0 aliphatic carbocycles. The fraction of sp³-hybridized carbons (Fsp3) is 0.581. The minimum Gasteiger partial charge on any atom is -0.508 e. The third-order valence-electron chi connectivity index (χ3n) is 7.15. The monoisotopic (exact) mass is 607 g/mol. The van der Waals surface area contributed by atoms with E-state index in [2.05, 4.69) is 12.2 Å². The van der Waals surface area contributed by atoms with E-state index in [1.807, 2.05) is 0 Å². The average Bonchev–Trinajstić information content (AvgIpc) is 2.94. The van der Waals surface area contributed by atoms with Gasteiger partial charge in [0.25, 0.3) is 0 Å². The van der Waals surface area contributed by atoms with Crippen molar-refractivity contribution in [3.05, 3.63) is 42.0 Å². The van der Waals surface area contributed by atoms with Gasteiger partial charge in [-0.05, 0) is 43.4 Å². The predicted molar refractivity (Wildman–Crippen MR) is 156 cm³/mol. The predicted octanol–water partition coefficient (Wildman–Crippen LogP) is 3.21. The van der Waals surface area contributed by atoms with E-state index >= 15 is 0 Å². The minimum absolute atomic E-state index is 0.0505. The number of aliphatic hydroxyl groups excluding tert-OH is 1. The Morgan fingerprint density at radius 2 is 1.53 bits per heavy atom. The van der Waals surface area contributed by atoms with E-state index in [4.69, 9.17) is 0 Å². The van der Waals surface area contributed by atoms with Gasteiger partial charge in [-0.25, -0.2) is 9.59 Å². The van der Waals surface area contributed by atoms with Crippen LogP contribution in [0.25, 0.3) is 0 Å². The van der Waals surface area contributed by atoms with E-state index in [0.717, 1.165) is 31.8 Å². The third-order valence-corrected chi connectivity index (χ3v) is 7.15. The van der Waals surface area contributed by atoms with Gasteiger partial charge in [0.05, 0.1) is 12.3 Å². The van der Waals surface area contributed by atoms with Crippen molar-refractivity contribution in [3.8, 4) is 5.75 Å². The summed E-state index contributed by atoms with van der Waals surface area (Å²) >= 11 is 0. The summed E-state index contributed by atoms with van der Waals surface area (Å²) in [5.74, 6) is -8.39. The Bertz CT molecular complexity index is 1090. The Kier molecular flexibility index (Phi) is 16.8. The van der Waals surface area contributed by atoms with Crippen LogP contribution in [0.3, 0.4) is 0 Å². The van der Waals surface area contributed by atoms with E-state index in [0.29, 0.717) is 44.1 Å². The summed E-state index contributed by atoms with van der Waals surface area (Å²) < 4.78 is 0. The smallest absolute Gasteiger partial charge is 0.337 e. The largest absolute Gasteiger partial charge is 0.508 e. The molecule has 0 aliphatic rings. The van der Waals surface area contributed by atoms with E-state index in [1.165, 1.54) is 30.3 Å². The van der Waals surface area contributed by atoms with E-state index < -0.39 is 53.9 Å². The third kappa shape index (κ3) is 13.8. The van der Waals surface area contributed by atoms with Gasteiger partial charge in [0, 0.05) is 12.8 Å². The van der Waals surface area contributed by atoms with Gasteiger partial charge in [0.1, 0.15) is 17.9 Å². The molecule has 1 rings (SSSR count). The molecule has 0 saturated carbocycles. The summed E-state index contributed by atoms with van der Waals surface area (Å²) in [7, 11) is 0. The summed E-state index contributed by atoms with van der Waals surface area (Å²) in [6.45, 7) is 2.08. The molecule has 0 aromatic heterocycles. The van der Waals surface area contributed by atoms with Crippen molar-refractivity contribution in [1.82, 2.24) is 5.32 Å². The molecule has 43 heavy (non-hydrogen) atoms. The number of benzene rings is 1. The summed E-state index contributed by atoms with van der Waals surface area (Å²) in [6, 6.07) is 4.01. The zero-order valence-electron chi connectivity index (χ0n) is 24.6. The fourth-order valence-corrected chi connectivity index (χ4v) is 4.58. The van der Waals surface area contributed by atoms with Gasteiger partial charge < -0.3 is 36.0 Å². The molecule has 0 saturated heterocycles. The highest BCUT2D eigenvalue weighted by atomic mass is 16.4. The number of unbranched alkanes of at least 4 members (excludes halogenated alkanes) is 7. The molecular formula is C31H45NO11. The van der Waals surface area contributed by atoms with Gasteiger partial charge in [-0.1, -0.05) is 69.7 Å². The quantitative estimate of drug-likeness (QED) is 0.0707. The number of aliphatic carboxylic acids is 3. The maximum Gasteiger partial charge on any atom is 0.337 e. The Hall–Kier alpha value is -3.77. The summed E-state index contributed by atoms with van der Waals surface area (Å²) in [5, 5.41) is 60.9. The molecule has 240 valence electrons. The SMILES string of the molecule is CCCCCCC(O)C(=O)CCCCCC/C=C/[C@H](C(=O)N[C@@H](Cc1ccc(O)cc1)C(=O)O)[C@@](O)(CC(=O)O)C(=O)O. The zero-order valence-corrected chi connectivity index (χ0v) is 24.6. The van der Waals surface area contributed by atoms with Crippen LogP contribution in [0.15, 0.2) is 36.4 Å². The Balaban J connectivity index is 2.79. The number of aliphatic hydroxyl groups is 2. The molecule has 1 aromatic rings. The second-order valence-electron chi connectivity index (χ2n) is 10.8. The van der Waals surface area contributed by atoms with Crippen LogP contribution in [0.5, 0.6) is 5.75 Å². The number of amides is 1. The fourth-order valence-electron chi connectivity index (χ4n) is 4.58. The Labute approximate surface area is 251 Å². The van der Waals surface area contributed by atoms with E-state index in [9.17, 15) is 54.6 Å².